The monoisotopic (exact) mass is 1200 g/mol. The van der Waals surface area contributed by atoms with E-state index in [1.165, 1.54) is 36.4 Å². The molecular weight excluding hydrogens is 1130 g/mol. The van der Waals surface area contributed by atoms with Gasteiger partial charge in [-0.2, -0.15) is 0 Å². The van der Waals surface area contributed by atoms with Crippen molar-refractivity contribution < 1.29 is 0 Å². The van der Waals surface area contributed by atoms with Crippen molar-refractivity contribution in [3.8, 4) is 79.3 Å². The Balaban J connectivity index is 0.000000137. The largest absolute Gasteiger partial charge is 0.265 e. The fourth-order valence-corrected chi connectivity index (χ4v) is 7.69. The SMILES string of the molecule is Cc1ccc(-c2ccccc2)cn1.Cc1ccc(-c2ccccn2)cn1.Cc1nccc(-c2ccncc2)n1.Cc1ncnc(-c2ccccc2)n1.Cc1ncnc(-c2ccccn2)n1.Cc1ncnc(-c2cccnc2)n1.Cc1ncnc(-c2ccncc2)n1. The normalized spacial score (nSPS) is 9.92. The quantitative estimate of drug-likeness (QED) is 0.143. The zero-order valence-electron chi connectivity index (χ0n) is 51.1. The Morgan fingerprint density at radius 1 is 0.198 bits per heavy atom. The third kappa shape index (κ3) is 22.1. The van der Waals surface area contributed by atoms with E-state index in [0.717, 1.165) is 79.6 Å². The summed E-state index contributed by atoms with van der Waals surface area (Å²) in [6, 6.07) is 53.0. The van der Waals surface area contributed by atoms with E-state index in [9.17, 15) is 0 Å². The molecule has 0 bridgehead atoms. The van der Waals surface area contributed by atoms with Gasteiger partial charge in [-0.05, 0) is 139 Å². The van der Waals surface area contributed by atoms with E-state index in [1.807, 2.05) is 206 Å². The lowest BCUT2D eigenvalue weighted by molar-refractivity contribution is 0.974. The van der Waals surface area contributed by atoms with Gasteiger partial charge in [-0.15, -0.1) is 0 Å². The Bertz CT molecular complexity index is 3790. The zero-order valence-corrected chi connectivity index (χ0v) is 51.1. The Labute approximate surface area is 527 Å². The molecule has 0 radical (unpaired) electrons. The minimum atomic E-state index is 0.619. The summed E-state index contributed by atoms with van der Waals surface area (Å²) in [7, 11) is 0. The predicted molar refractivity (Wildman–Crippen MR) is 350 cm³/mol. The molecule has 0 N–H and O–H groups in total. The molecule has 448 valence electrons. The van der Waals surface area contributed by atoms with Gasteiger partial charge in [0.15, 0.2) is 23.3 Å². The van der Waals surface area contributed by atoms with Crippen LogP contribution in [0, 0.1) is 48.5 Å². The van der Waals surface area contributed by atoms with E-state index in [2.05, 4.69) is 123 Å². The van der Waals surface area contributed by atoms with Gasteiger partial charge in [-0.1, -0.05) is 78.9 Å². The van der Waals surface area contributed by atoms with Crippen molar-refractivity contribution in [2.24, 2.45) is 0 Å². The molecule has 0 aliphatic carbocycles. The first-order chi connectivity index (χ1) is 44.5. The number of aryl methyl sites for hydroxylation is 7. The maximum absolute atomic E-state index is 4.30. The Morgan fingerprint density at radius 2 is 0.626 bits per heavy atom. The van der Waals surface area contributed by atoms with Crippen molar-refractivity contribution >= 4 is 0 Å². The van der Waals surface area contributed by atoms with E-state index in [1.54, 1.807) is 55.8 Å². The van der Waals surface area contributed by atoms with Crippen molar-refractivity contribution in [3.63, 3.8) is 0 Å². The maximum atomic E-state index is 4.30. The van der Waals surface area contributed by atoms with Crippen molar-refractivity contribution in [1.29, 1.82) is 0 Å². The minimum Gasteiger partial charge on any atom is -0.265 e. The van der Waals surface area contributed by atoms with Gasteiger partial charge in [0.25, 0.3) is 0 Å². The molecule has 91 heavy (non-hydrogen) atoms. The highest BCUT2D eigenvalue weighted by Gasteiger charge is 2.05. The molecule has 12 heterocycles. The van der Waals surface area contributed by atoms with Crippen LogP contribution >= 0.6 is 0 Å². The summed E-state index contributed by atoms with van der Waals surface area (Å²) in [4.78, 5) is 85.7. The van der Waals surface area contributed by atoms with Crippen LogP contribution in [0.4, 0.5) is 0 Å². The fourth-order valence-electron chi connectivity index (χ4n) is 7.69. The molecule has 0 spiro atoms. The molecule has 0 unspecified atom stereocenters. The molecule has 14 rings (SSSR count). The molecule has 2 aromatic carbocycles. The van der Waals surface area contributed by atoms with E-state index >= 15 is 0 Å². The fraction of sp³-hybridized carbons (Fsp3) is 0.100. The second-order valence-electron chi connectivity index (χ2n) is 19.2. The van der Waals surface area contributed by atoms with E-state index in [0.29, 0.717) is 29.1 Å². The van der Waals surface area contributed by atoms with E-state index in [4.69, 9.17) is 0 Å². The first-order valence-electron chi connectivity index (χ1n) is 28.5. The molecule has 0 aliphatic rings. The Hall–Kier alpha value is -12.4. The first kappa shape index (κ1) is 64.6. The van der Waals surface area contributed by atoms with Crippen LogP contribution in [0.3, 0.4) is 0 Å². The predicted octanol–water partition coefficient (Wildman–Crippen LogP) is 12.9. The molecule has 0 aliphatic heterocycles. The molecule has 21 heteroatoms. The molecule has 14 aromatic rings. The lowest BCUT2D eigenvalue weighted by Crippen LogP contribution is -1.95. The molecule has 0 saturated carbocycles. The summed E-state index contributed by atoms with van der Waals surface area (Å²) >= 11 is 0. The van der Waals surface area contributed by atoms with Gasteiger partial charge in [-0.25, -0.2) is 69.8 Å². The number of hydrogen-bond acceptors (Lipinski definition) is 21. The summed E-state index contributed by atoms with van der Waals surface area (Å²) in [6.45, 7) is 13.2. The van der Waals surface area contributed by atoms with Crippen LogP contribution in [0.25, 0.3) is 79.3 Å². The zero-order chi connectivity index (χ0) is 63.7. The van der Waals surface area contributed by atoms with Crippen molar-refractivity contribution in [2.75, 3.05) is 0 Å². The lowest BCUT2D eigenvalue weighted by atomic mass is 10.1. The van der Waals surface area contributed by atoms with Gasteiger partial charge in [0, 0.05) is 113 Å². The van der Waals surface area contributed by atoms with Crippen molar-refractivity contribution in [3.05, 3.63) is 298 Å². The number of aromatic nitrogens is 21. The van der Waals surface area contributed by atoms with Crippen LogP contribution < -0.4 is 0 Å². The molecule has 0 fully saturated rings. The van der Waals surface area contributed by atoms with Crippen LogP contribution in [-0.4, -0.2) is 105 Å². The van der Waals surface area contributed by atoms with Gasteiger partial charge in [0.05, 0.1) is 11.4 Å². The third-order valence-electron chi connectivity index (χ3n) is 12.2. The summed E-state index contributed by atoms with van der Waals surface area (Å²) in [5.41, 5.74) is 12.2. The Morgan fingerprint density at radius 3 is 1.09 bits per heavy atom. The van der Waals surface area contributed by atoms with Gasteiger partial charge in [0.1, 0.15) is 60.1 Å². The van der Waals surface area contributed by atoms with Gasteiger partial charge < -0.3 is 0 Å². The van der Waals surface area contributed by atoms with Crippen LogP contribution in [0.5, 0.6) is 0 Å². The highest BCUT2D eigenvalue weighted by molar-refractivity contribution is 5.62. The summed E-state index contributed by atoms with van der Waals surface area (Å²) in [5.74, 6) is 6.38. The lowest BCUT2D eigenvalue weighted by Gasteiger charge is -2.00. The molecule has 0 saturated heterocycles. The highest BCUT2D eigenvalue weighted by Crippen LogP contribution is 2.19. The summed E-state index contributed by atoms with van der Waals surface area (Å²) in [5, 5.41) is 0. The average molecular weight is 1200 g/mol. The van der Waals surface area contributed by atoms with Crippen LogP contribution in [0.2, 0.25) is 0 Å². The minimum absolute atomic E-state index is 0.619. The summed E-state index contributed by atoms with van der Waals surface area (Å²) < 4.78 is 0. The topological polar surface area (TPSA) is 271 Å². The number of benzene rings is 2. The molecule has 0 atom stereocenters. The smallest absolute Gasteiger partial charge is 0.181 e. The molecular formula is C70H63N21. The number of nitrogens with zero attached hydrogens (tertiary/aromatic N) is 21. The van der Waals surface area contributed by atoms with Crippen LogP contribution in [0.1, 0.15) is 40.5 Å². The van der Waals surface area contributed by atoms with Gasteiger partial charge in [0.2, 0.25) is 0 Å². The van der Waals surface area contributed by atoms with Crippen molar-refractivity contribution in [1.82, 2.24) is 105 Å². The first-order valence-corrected chi connectivity index (χ1v) is 28.5. The van der Waals surface area contributed by atoms with Crippen LogP contribution in [-0.2, 0) is 0 Å². The number of rotatable bonds is 7. The second kappa shape index (κ2) is 35.3. The average Bonchev–Trinajstić information content (AvgIpc) is 3.81. The highest BCUT2D eigenvalue weighted by atomic mass is 15.0. The molecule has 12 aromatic heterocycles. The molecule has 21 nitrogen and oxygen atoms in total. The van der Waals surface area contributed by atoms with E-state index < -0.39 is 0 Å². The summed E-state index contributed by atoms with van der Waals surface area (Å²) in [6.07, 6.45) is 25.5. The van der Waals surface area contributed by atoms with Crippen molar-refractivity contribution in [2.45, 2.75) is 48.5 Å². The van der Waals surface area contributed by atoms with Gasteiger partial charge >= 0.3 is 0 Å². The standard InChI is InChI=1S/C12H11N.C11H10N2.2C10H9N3.3C9H8N4/c1-10-7-8-12(9-13-10)11-5-3-2-4-6-11;1-9-5-6-10(8-13-9)11-4-2-3-7-12-11;1-8-12-7-4-10(13-8)9-2-5-11-6-3-9;1-8-11-7-12-10(13-8)9-5-3-2-4-6-9;1-7-11-6-12-9(13-7)8-2-4-10-5-3-8;1-7-11-6-12-9(13-7)8-3-2-4-10-5-8;1-7-11-6-12-9(13-7)8-4-2-3-5-10-8/h2-9H,1H3;2-8H,1H3;2*2-7H,1H3;3*2-6H,1H3. The number of hydrogen-bond donors (Lipinski definition) is 0. The maximum Gasteiger partial charge on any atom is 0.181 e. The Kier molecular flexibility index (Phi) is 25.1. The third-order valence-corrected chi connectivity index (χ3v) is 12.2. The van der Waals surface area contributed by atoms with E-state index in [-0.39, 0.29) is 0 Å². The van der Waals surface area contributed by atoms with Gasteiger partial charge in [-0.3, -0.25) is 34.9 Å². The second-order valence-corrected chi connectivity index (χ2v) is 19.2. The molecule has 0 amide bonds. The number of pyridine rings is 7. The van der Waals surface area contributed by atoms with Crippen LogP contribution in [0.15, 0.2) is 257 Å².